The fourth-order valence-electron chi connectivity index (χ4n) is 1.40. The van der Waals surface area contributed by atoms with Crippen LogP contribution in [-0.2, 0) is 4.79 Å². The summed E-state index contributed by atoms with van der Waals surface area (Å²) in [5, 5.41) is 13.5. The molecule has 6 heteroatoms. The first-order chi connectivity index (χ1) is 9.17. The molecule has 0 spiro atoms. The van der Waals surface area contributed by atoms with Crippen molar-refractivity contribution in [3.8, 4) is 0 Å². The van der Waals surface area contributed by atoms with Crippen molar-refractivity contribution < 1.29 is 19.1 Å². The van der Waals surface area contributed by atoms with Crippen molar-refractivity contribution in [1.29, 1.82) is 0 Å². The summed E-state index contributed by atoms with van der Waals surface area (Å²) >= 11 is 0. The molecule has 5 nitrogen and oxygen atoms in total. The number of carbonyl (C=O) groups is 2. The molecule has 0 unspecified atom stereocenters. The molecule has 1 aromatic rings. The van der Waals surface area contributed by atoms with Gasteiger partial charge in [-0.1, -0.05) is 6.07 Å². The Morgan fingerprint density at radius 3 is 2.45 bits per heavy atom. The predicted molar refractivity (Wildman–Crippen MR) is 75.0 cm³/mol. The zero-order valence-corrected chi connectivity index (χ0v) is 11.5. The summed E-state index contributed by atoms with van der Waals surface area (Å²) < 4.78 is 13.7. The molecular weight excluding hydrogens is 263 g/mol. The molecule has 0 aliphatic rings. The summed E-state index contributed by atoms with van der Waals surface area (Å²) in [6.07, 6.45) is 2.18. The summed E-state index contributed by atoms with van der Waals surface area (Å²) in [6, 6.07) is 3.52. The fraction of sp³-hybridized carbons (Fsp3) is 0.286. The fourth-order valence-corrected chi connectivity index (χ4v) is 1.40. The van der Waals surface area contributed by atoms with Crippen molar-refractivity contribution in [2.75, 3.05) is 5.32 Å². The van der Waals surface area contributed by atoms with E-state index in [9.17, 15) is 14.0 Å². The van der Waals surface area contributed by atoms with E-state index in [0.29, 0.717) is 5.56 Å². The second kappa shape index (κ2) is 6.18. The summed E-state index contributed by atoms with van der Waals surface area (Å²) in [5.74, 6) is -1.75. The Bertz CT molecular complexity index is 548. The Morgan fingerprint density at radius 2 is 1.95 bits per heavy atom. The van der Waals surface area contributed by atoms with Gasteiger partial charge in [-0.05, 0) is 44.5 Å². The highest BCUT2D eigenvalue weighted by Crippen LogP contribution is 2.17. The van der Waals surface area contributed by atoms with Crippen LogP contribution in [0.5, 0.6) is 0 Å². The molecule has 1 rings (SSSR count). The number of amides is 2. The van der Waals surface area contributed by atoms with Gasteiger partial charge in [0.2, 0.25) is 0 Å². The van der Waals surface area contributed by atoms with E-state index in [1.165, 1.54) is 18.2 Å². The number of urea groups is 1. The van der Waals surface area contributed by atoms with Gasteiger partial charge in [-0.2, -0.15) is 0 Å². The van der Waals surface area contributed by atoms with Crippen molar-refractivity contribution in [3.63, 3.8) is 0 Å². The molecule has 0 fully saturated rings. The lowest BCUT2D eigenvalue weighted by molar-refractivity contribution is -0.131. The molecule has 3 N–H and O–H groups in total. The van der Waals surface area contributed by atoms with Gasteiger partial charge in [-0.15, -0.1) is 0 Å². The average Bonchev–Trinajstić information content (AvgIpc) is 2.27. The van der Waals surface area contributed by atoms with Gasteiger partial charge in [0.1, 0.15) is 5.82 Å². The summed E-state index contributed by atoms with van der Waals surface area (Å²) in [5.41, 5.74) is -0.00373. The first kappa shape index (κ1) is 15.7. The monoisotopic (exact) mass is 280 g/mol. The average molecular weight is 280 g/mol. The minimum atomic E-state index is -1.11. The van der Waals surface area contributed by atoms with Crippen LogP contribution in [0.15, 0.2) is 24.3 Å². The molecule has 0 aromatic heterocycles. The number of carbonyl (C=O) groups excluding carboxylic acids is 1. The van der Waals surface area contributed by atoms with Gasteiger partial charge in [0.25, 0.3) is 0 Å². The molecule has 0 saturated carbocycles. The van der Waals surface area contributed by atoms with E-state index in [-0.39, 0.29) is 5.69 Å². The molecule has 0 radical (unpaired) electrons. The van der Waals surface area contributed by atoms with Gasteiger partial charge < -0.3 is 15.7 Å². The highest BCUT2D eigenvalue weighted by molar-refractivity contribution is 5.90. The predicted octanol–water partition coefficient (Wildman–Crippen LogP) is 2.84. The van der Waals surface area contributed by atoms with E-state index in [1.54, 1.807) is 0 Å². The summed E-state index contributed by atoms with van der Waals surface area (Å²) in [4.78, 5) is 22.0. The molecule has 0 heterocycles. The van der Waals surface area contributed by atoms with Gasteiger partial charge >= 0.3 is 12.0 Å². The summed E-state index contributed by atoms with van der Waals surface area (Å²) in [6.45, 7) is 5.42. The number of halogens is 1. The van der Waals surface area contributed by atoms with Crippen molar-refractivity contribution in [3.05, 3.63) is 35.7 Å². The largest absolute Gasteiger partial charge is 0.478 e. The van der Waals surface area contributed by atoms with Crippen LogP contribution >= 0.6 is 0 Å². The molecule has 108 valence electrons. The number of carboxylic acids is 1. The molecule has 1 aromatic carbocycles. The Hall–Kier alpha value is -2.37. The molecule has 0 aliphatic heterocycles. The van der Waals surface area contributed by atoms with Crippen molar-refractivity contribution in [1.82, 2.24) is 5.32 Å². The maximum atomic E-state index is 13.7. The highest BCUT2D eigenvalue weighted by Gasteiger charge is 2.14. The highest BCUT2D eigenvalue weighted by atomic mass is 19.1. The molecule has 2 amide bonds. The van der Waals surface area contributed by atoms with Crippen molar-refractivity contribution in [2.45, 2.75) is 26.3 Å². The third-order valence-corrected chi connectivity index (χ3v) is 2.15. The Labute approximate surface area is 116 Å². The smallest absolute Gasteiger partial charge is 0.328 e. The van der Waals surface area contributed by atoms with E-state index < -0.39 is 23.4 Å². The van der Waals surface area contributed by atoms with E-state index in [0.717, 1.165) is 12.1 Å². The number of aliphatic carboxylic acids is 1. The van der Waals surface area contributed by atoms with Gasteiger partial charge in [0, 0.05) is 11.6 Å². The van der Waals surface area contributed by atoms with Crippen LogP contribution in [0.1, 0.15) is 26.3 Å². The van der Waals surface area contributed by atoms with Crippen LogP contribution in [0.25, 0.3) is 6.08 Å². The molecular formula is C14H17FN2O3. The standard InChI is InChI=1S/C14H17FN2O3/c1-14(2,3)17-13(20)16-11-6-4-9(8-10(11)15)5-7-12(18)19/h4-8H,1-3H3,(H,18,19)(H2,16,17,20). The second-order valence-corrected chi connectivity index (χ2v) is 5.24. The molecule has 0 aliphatic carbocycles. The lowest BCUT2D eigenvalue weighted by Crippen LogP contribution is -2.43. The zero-order chi connectivity index (χ0) is 15.3. The number of anilines is 1. The minimum Gasteiger partial charge on any atom is -0.478 e. The van der Waals surface area contributed by atoms with Crippen LogP contribution in [0.3, 0.4) is 0 Å². The number of hydrogen-bond donors (Lipinski definition) is 3. The van der Waals surface area contributed by atoms with Gasteiger partial charge in [-0.25, -0.2) is 14.0 Å². The Kier molecular flexibility index (Phi) is 4.85. The number of nitrogens with one attached hydrogen (secondary N) is 2. The Balaban J connectivity index is 2.78. The maximum absolute atomic E-state index is 13.7. The van der Waals surface area contributed by atoms with Crippen LogP contribution in [0.2, 0.25) is 0 Å². The lowest BCUT2D eigenvalue weighted by Gasteiger charge is -2.20. The lowest BCUT2D eigenvalue weighted by atomic mass is 10.1. The first-order valence-electron chi connectivity index (χ1n) is 5.97. The molecule has 0 atom stereocenters. The second-order valence-electron chi connectivity index (χ2n) is 5.24. The molecule has 0 saturated heterocycles. The number of carboxylic acid groups (broad SMARTS) is 1. The quantitative estimate of drug-likeness (QED) is 0.745. The SMILES string of the molecule is CC(C)(C)NC(=O)Nc1ccc(C=CC(=O)O)cc1F. The number of rotatable bonds is 3. The van der Waals surface area contributed by atoms with Gasteiger partial charge in [0.15, 0.2) is 0 Å². The number of benzene rings is 1. The van der Waals surface area contributed by atoms with Gasteiger partial charge in [-0.3, -0.25) is 0 Å². The minimum absolute atomic E-state index is 0.0271. The molecule has 0 bridgehead atoms. The van der Waals surface area contributed by atoms with Crippen molar-refractivity contribution >= 4 is 23.8 Å². The third kappa shape index (κ3) is 5.51. The topological polar surface area (TPSA) is 78.4 Å². The van der Waals surface area contributed by atoms with Crippen LogP contribution in [0, 0.1) is 5.82 Å². The van der Waals surface area contributed by atoms with Gasteiger partial charge in [0.05, 0.1) is 5.69 Å². The van der Waals surface area contributed by atoms with E-state index in [1.807, 2.05) is 20.8 Å². The van der Waals surface area contributed by atoms with Crippen molar-refractivity contribution in [2.24, 2.45) is 0 Å². The number of hydrogen-bond acceptors (Lipinski definition) is 2. The Morgan fingerprint density at radius 1 is 1.30 bits per heavy atom. The zero-order valence-electron chi connectivity index (χ0n) is 11.5. The normalized spacial score (nSPS) is 11.4. The summed E-state index contributed by atoms with van der Waals surface area (Å²) in [7, 11) is 0. The maximum Gasteiger partial charge on any atom is 0.328 e. The molecule has 20 heavy (non-hydrogen) atoms. The van der Waals surface area contributed by atoms with Crippen LogP contribution in [0.4, 0.5) is 14.9 Å². The van der Waals surface area contributed by atoms with E-state index in [4.69, 9.17) is 5.11 Å². The van der Waals surface area contributed by atoms with Crippen LogP contribution < -0.4 is 10.6 Å². The van der Waals surface area contributed by atoms with E-state index >= 15 is 0 Å². The third-order valence-electron chi connectivity index (χ3n) is 2.15. The van der Waals surface area contributed by atoms with E-state index in [2.05, 4.69) is 10.6 Å². The first-order valence-corrected chi connectivity index (χ1v) is 5.97. The van der Waals surface area contributed by atoms with Crippen LogP contribution in [-0.4, -0.2) is 22.6 Å².